The molecule has 0 aliphatic rings. The summed E-state index contributed by atoms with van der Waals surface area (Å²) < 4.78 is 3.95. The second kappa shape index (κ2) is 4.28. The van der Waals surface area contributed by atoms with Crippen molar-refractivity contribution in [3.05, 3.63) is 35.7 Å². The Bertz CT molecular complexity index is 524. The van der Waals surface area contributed by atoms with Crippen LogP contribution in [0.4, 0.5) is 5.13 Å². The molecule has 0 aliphatic carbocycles. The van der Waals surface area contributed by atoms with Crippen LogP contribution < -0.4 is 5.32 Å². The van der Waals surface area contributed by atoms with E-state index in [1.165, 1.54) is 12.1 Å². The molecule has 82 valence electrons. The van der Waals surface area contributed by atoms with E-state index in [2.05, 4.69) is 14.7 Å². The fourth-order valence-corrected chi connectivity index (χ4v) is 1.73. The molecule has 0 fully saturated rings. The molecule has 0 unspecified atom stereocenters. The number of nitrogens with zero attached hydrogens (tertiary/aromatic N) is 2. The number of anilines is 1. The van der Waals surface area contributed by atoms with Crippen LogP contribution >= 0.6 is 11.5 Å². The van der Waals surface area contributed by atoms with Gasteiger partial charge >= 0.3 is 0 Å². The van der Waals surface area contributed by atoms with E-state index in [1.807, 2.05) is 0 Å². The van der Waals surface area contributed by atoms with E-state index in [0.29, 0.717) is 16.5 Å². The summed E-state index contributed by atoms with van der Waals surface area (Å²) in [6.07, 6.45) is 0. The zero-order chi connectivity index (χ0) is 11.5. The monoisotopic (exact) mass is 235 g/mol. The van der Waals surface area contributed by atoms with Crippen LogP contribution in [-0.2, 0) is 0 Å². The van der Waals surface area contributed by atoms with E-state index in [9.17, 15) is 9.90 Å². The summed E-state index contributed by atoms with van der Waals surface area (Å²) >= 11 is 1.12. The number of aromatic hydroxyl groups is 1. The number of aryl methyl sites for hydroxylation is 1. The van der Waals surface area contributed by atoms with E-state index < -0.39 is 0 Å². The molecule has 6 heteroatoms. The lowest BCUT2D eigenvalue weighted by molar-refractivity contribution is 0.102. The minimum absolute atomic E-state index is 0.0566. The highest BCUT2D eigenvalue weighted by atomic mass is 32.1. The molecule has 1 aromatic carbocycles. The molecule has 2 rings (SSSR count). The maximum Gasteiger partial charge on any atom is 0.257 e. The zero-order valence-corrected chi connectivity index (χ0v) is 9.28. The minimum atomic E-state index is -0.313. The largest absolute Gasteiger partial charge is 0.508 e. The van der Waals surface area contributed by atoms with Crippen molar-refractivity contribution in [1.29, 1.82) is 0 Å². The number of rotatable bonds is 2. The number of phenolic OH excluding ortho intramolecular Hbond substituents is 1. The number of carbonyl (C=O) groups excluding carboxylic acids is 1. The van der Waals surface area contributed by atoms with Gasteiger partial charge in [-0.1, -0.05) is 6.07 Å². The van der Waals surface area contributed by atoms with E-state index in [4.69, 9.17) is 0 Å². The molecule has 0 saturated carbocycles. The third-order valence-corrected chi connectivity index (χ3v) is 2.58. The second-order valence-electron chi connectivity index (χ2n) is 3.15. The average molecular weight is 235 g/mol. The molecule has 16 heavy (non-hydrogen) atoms. The third-order valence-electron chi connectivity index (χ3n) is 1.86. The lowest BCUT2D eigenvalue weighted by Crippen LogP contribution is -2.11. The number of benzene rings is 1. The van der Waals surface area contributed by atoms with Gasteiger partial charge in [0, 0.05) is 17.1 Å². The van der Waals surface area contributed by atoms with Crippen LogP contribution in [0, 0.1) is 6.92 Å². The fourth-order valence-electron chi connectivity index (χ4n) is 1.16. The summed E-state index contributed by atoms with van der Waals surface area (Å²) in [5, 5.41) is 12.3. The standard InChI is InChI=1S/C10H9N3O2S/c1-6-11-10(16-13-6)12-9(15)7-3-2-4-8(14)5-7/h2-5,14H,1H3,(H,11,12,13,15). The van der Waals surface area contributed by atoms with Crippen LogP contribution in [0.15, 0.2) is 24.3 Å². The first kappa shape index (κ1) is 10.6. The van der Waals surface area contributed by atoms with E-state index >= 15 is 0 Å². The van der Waals surface area contributed by atoms with Gasteiger partial charge in [0.2, 0.25) is 5.13 Å². The molecule has 2 aromatic rings. The van der Waals surface area contributed by atoms with Crippen molar-refractivity contribution < 1.29 is 9.90 Å². The number of nitrogens with one attached hydrogen (secondary N) is 1. The highest BCUT2D eigenvalue weighted by Gasteiger charge is 2.08. The van der Waals surface area contributed by atoms with Gasteiger partial charge in [-0.3, -0.25) is 10.1 Å². The molecule has 0 spiro atoms. The molecule has 1 aromatic heterocycles. The van der Waals surface area contributed by atoms with Gasteiger partial charge in [0.1, 0.15) is 11.6 Å². The molecule has 5 nitrogen and oxygen atoms in total. The lowest BCUT2D eigenvalue weighted by Gasteiger charge is -2.01. The van der Waals surface area contributed by atoms with Gasteiger partial charge in [0.15, 0.2) is 0 Å². The summed E-state index contributed by atoms with van der Waals surface area (Å²) in [7, 11) is 0. The van der Waals surface area contributed by atoms with Gasteiger partial charge in [-0.2, -0.15) is 4.37 Å². The van der Waals surface area contributed by atoms with Crippen molar-refractivity contribution in [3.63, 3.8) is 0 Å². The first-order valence-electron chi connectivity index (χ1n) is 4.56. The summed E-state index contributed by atoms with van der Waals surface area (Å²) in [4.78, 5) is 15.7. The number of amides is 1. The van der Waals surface area contributed by atoms with Gasteiger partial charge in [-0.05, 0) is 25.1 Å². The molecular weight excluding hydrogens is 226 g/mol. The van der Waals surface area contributed by atoms with Crippen LogP contribution in [0.5, 0.6) is 5.75 Å². The maximum absolute atomic E-state index is 11.7. The Balaban J connectivity index is 2.14. The van der Waals surface area contributed by atoms with Gasteiger partial charge in [0.05, 0.1) is 0 Å². The molecule has 0 bridgehead atoms. The van der Waals surface area contributed by atoms with Crippen molar-refractivity contribution in [2.75, 3.05) is 5.32 Å². The van der Waals surface area contributed by atoms with E-state index in [1.54, 1.807) is 19.1 Å². The van der Waals surface area contributed by atoms with E-state index in [-0.39, 0.29) is 11.7 Å². The molecule has 2 N–H and O–H groups in total. The predicted molar refractivity (Wildman–Crippen MR) is 60.7 cm³/mol. The zero-order valence-electron chi connectivity index (χ0n) is 8.47. The number of hydrogen-bond donors (Lipinski definition) is 2. The Labute approximate surface area is 95.9 Å². The van der Waals surface area contributed by atoms with Crippen molar-refractivity contribution in [3.8, 4) is 5.75 Å². The molecule has 0 atom stereocenters. The summed E-state index contributed by atoms with van der Waals surface area (Å²) in [6, 6.07) is 6.12. The van der Waals surface area contributed by atoms with Crippen LogP contribution in [0.25, 0.3) is 0 Å². The molecular formula is C10H9N3O2S. The summed E-state index contributed by atoms with van der Waals surface area (Å²) in [5.41, 5.74) is 0.382. The van der Waals surface area contributed by atoms with Gasteiger partial charge in [-0.15, -0.1) is 0 Å². The first-order chi connectivity index (χ1) is 7.65. The predicted octanol–water partition coefficient (Wildman–Crippen LogP) is 1.80. The summed E-state index contributed by atoms with van der Waals surface area (Å²) in [5.74, 6) is 0.365. The van der Waals surface area contributed by atoms with Crippen LogP contribution in [0.1, 0.15) is 16.2 Å². The summed E-state index contributed by atoms with van der Waals surface area (Å²) in [6.45, 7) is 1.75. The maximum atomic E-state index is 11.7. The molecule has 1 heterocycles. The molecule has 1 amide bonds. The van der Waals surface area contributed by atoms with Crippen molar-refractivity contribution in [1.82, 2.24) is 9.36 Å². The minimum Gasteiger partial charge on any atom is -0.508 e. The van der Waals surface area contributed by atoms with Crippen molar-refractivity contribution in [2.24, 2.45) is 0 Å². The first-order valence-corrected chi connectivity index (χ1v) is 5.33. The number of hydrogen-bond acceptors (Lipinski definition) is 5. The fraction of sp³-hybridized carbons (Fsp3) is 0.100. The topological polar surface area (TPSA) is 75.1 Å². The highest BCUT2D eigenvalue weighted by molar-refractivity contribution is 7.09. The Morgan fingerprint density at radius 1 is 1.50 bits per heavy atom. The normalized spacial score (nSPS) is 10.1. The SMILES string of the molecule is Cc1nsc(NC(=O)c2cccc(O)c2)n1. The second-order valence-corrected chi connectivity index (χ2v) is 3.90. The third kappa shape index (κ3) is 2.34. The average Bonchev–Trinajstić information content (AvgIpc) is 2.64. The van der Waals surface area contributed by atoms with Crippen LogP contribution in [-0.4, -0.2) is 20.4 Å². The quantitative estimate of drug-likeness (QED) is 0.832. The lowest BCUT2D eigenvalue weighted by atomic mass is 10.2. The number of phenols is 1. The van der Waals surface area contributed by atoms with E-state index in [0.717, 1.165) is 11.5 Å². The van der Waals surface area contributed by atoms with Gasteiger partial charge < -0.3 is 5.11 Å². The Kier molecular flexibility index (Phi) is 2.82. The number of aromatic nitrogens is 2. The van der Waals surface area contributed by atoms with Gasteiger partial charge in [-0.25, -0.2) is 4.98 Å². The number of carbonyl (C=O) groups is 1. The van der Waals surface area contributed by atoms with Crippen LogP contribution in [0.2, 0.25) is 0 Å². The Hall–Kier alpha value is -1.95. The van der Waals surface area contributed by atoms with Crippen molar-refractivity contribution in [2.45, 2.75) is 6.92 Å². The Morgan fingerprint density at radius 2 is 2.31 bits per heavy atom. The smallest absolute Gasteiger partial charge is 0.257 e. The Morgan fingerprint density at radius 3 is 2.94 bits per heavy atom. The molecule has 0 radical (unpaired) electrons. The van der Waals surface area contributed by atoms with Crippen molar-refractivity contribution >= 4 is 22.6 Å². The van der Waals surface area contributed by atoms with Crippen LogP contribution in [0.3, 0.4) is 0 Å². The molecule has 0 aliphatic heterocycles. The molecule has 0 saturated heterocycles. The van der Waals surface area contributed by atoms with Gasteiger partial charge in [0.25, 0.3) is 5.91 Å². The highest BCUT2D eigenvalue weighted by Crippen LogP contribution is 2.14.